The highest BCUT2D eigenvalue weighted by molar-refractivity contribution is 7.89. The molecule has 0 saturated carbocycles. The molecule has 7 nitrogen and oxygen atoms in total. The molecule has 0 spiro atoms. The molecule has 0 aromatic heterocycles. The maximum Gasteiger partial charge on any atom is 0.241 e. The highest BCUT2D eigenvalue weighted by Gasteiger charge is 2.39. The first-order valence-corrected chi connectivity index (χ1v) is 10.4. The molecule has 8 heteroatoms. The van der Waals surface area contributed by atoms with Gasteiger partial charge in [-0.25, -0.2) is 13.1 Å². The fourth-order valence-electron chi connectivity index (χ4n) is 2.96. The van der Waals surface area contributed by atoms with Crippen molar-refractivity contribution in [2.45, 2.75) is 63.9 Å². The third-order valence-electron chi connectivity index (χ3n) is 4.18. The van der Waals surface area contributed by atoms with E-state index in [0.717, 1.165) is 0 Å². The van der Waals surface area contributed by atoms with E-state index in [1.165, 1.54) is 12.1 Å². The summed E-state index contributed by atoms with van der Waals surface area (Å²) in [5.74, 6) is -0.682. The molecule has 1 heterocycles. The number of nitrogens with zero attached hydrogens (tertiary/aromatic N) is 1. The molecule has 150 valence electrons. The van der Waals surface area contributed by atoms with Crippen molar-refractivity contribution in [3.63, 3.8) is 0 Å². The molecule has 1 saturated heterocycles. The number of likely N-dealkylation sites (tertiary alicyclic amines) is 1. The lowest BCUT2D eigenvalue weighted by Crippen LogP contribution is -2.42. The number of benzene rings is 1. The SMILES string of the molecule is CC(C)(C)NS(=O)(=O)c1ccc(NC(=O)[C@H]2CC(=O)N(C(C)(C)C)C2)cc1. The molecule has 1 aliphatic rings. The van der Waals surface area contributed by atoms with Gasteiger partial charge in [-0.1, -0.05) is 0 Å². The van der Waals surface area contributed by atoms with Crippen LogP contribution in [0.25, 0.3) is 0 Å². The van der Waals surface area contributed by atoms with Gasteiger partial charge in [0.05, 0.1) is 10.8 Å². The molecule has 1 fully saturated rings. The van der Waals surface area contributed by atoms with Crippen molar-refractivity contribution >= 4 is 27.5 Å². The third-order valence-corrected chi connectivity index (χ3v) is 5.95. The summed E-state index contributed by atoms with van der Waals surface area (Å²) in [7, 11) is -3.62. The minimum atomic E-state index is -3.62. The topological polar surface area (TPSA) is 95.6 Å². The monoisotopic (exact) mass is 395 g/mol. The predicted octanol–water partition coefficient (Wildman–Crippen LogP) is 2.35. The van der Waals surface area contributed by atoms with Crippen molar-refractivity contribution in [3.05, 3.63) is 24.3 Å². The molecular weight excluding hydrogens is 366 g/mol. The first-order valence-electron chi connectivity index (χ1n) is 8.94. The maximum absolute atomic E-state index is 12.5. The fourth-order valence-corrected chi connectivity index (χ4v) is 4.37. The molecule has 1 aromatic rings. The Morgan fingerprint density at radius 2 is 1.63 bits per heavy atom. The van der Waals surface area contributed by atoms with Crippen molar-refractivity contribution in [3.8, 4) is 0 Å². The molecule has 0 bridgehead atoms. The van der Waals surface area contributed by atoms with Crippen LogP contribution in [0, 0.1) is 5.92 Å². The summed E-state index contributed by atoms with van der Waals surface area (Å²) < 4.78 is 27.2. The Morgan fingerprint density at radius 3 is 2.07 bits per heavy atom. The number of rotatable bonds is 4. The highest BCUT2D eigenvalue weighted by Crippen LogP contribution is 2.27. The van der Waals surface area contributed by atoms with E-state index in [0.29, 0.717) is 12.2 Å². The van der Waals surface area contributed by atoms with E-state index >= 15 is 0 Å². The van der Waals surface area contributed by atoms with Crippen LogP contribution < -0.4 is 10.0 Å². The van der Waals surface area contributed by atoms with Gasteiger partial charge in [0.25, 0.3) is 0 Å². The number of sulfonamides is 1. The zero-order valence-corrected chi connectivity index (χ0v) is 17.6. The van der Waals surface area contributed by atoms with Crippen molar-refractivity contribution in [1.82, 2.24) is 9.62 Å². The highest BCUT2D eigenvalue weighted by atomic mass is 32.2. The van der Waals surface area contributed by atoms with Crippen molar-refractivity contribution in [2.24, 2.45) is 5.92 Å². The molecule has 27 heavy (non-hydrogen) atoms. The van der Waals surface area contributed by atoms with Crippen molar-refractivity contribution < 1.29 is 18.0 Å². The first kappa shape index (κ1) is 21.4. The lowest BCUT2D eigenvalue weighted by Gasteiger charge is -2.31. The van der Waals surface area contributed by atoms with E-state index in [1.807, 2.05) is 20.8 Å². The molecule has 1 aromatic carbocycles. The minimum Gasteiger partial charge on any atom is -0.337 e. The van der Waals surface area contributed by atoms with Gasteiger partial charge in [0.2, 0.25) is 21.8 Å². The molecule has 0 unspecified atom stereocenters. The van der Waals surface area contributed by atoms with Crippen LogP contribution >= 0.6 is 0 Å². The number of carbonyl (C=O) groups excluding carboxylic acids is 2. The number of amides is 2. The third kappa shape index (κ3) is 5.52. The summed E-state index contributed by atoms with van der Waals surface area (Å²) in [5.41, 5.74) is -0.404. The summed E-state index contributed by atoms with van der Waals surface area (Å²) in [6, 6.07) is 6.00. The van der Waals surface area contributed by atoms with Crippen LogP contribution in [-0.2, 0) is 19.6 Å². The van der Waals surface area contributed by atoms with Gasteiger partial charge in [-0.05, 0) is 65.8 Å². The number of hydrogen-bond donors (Lipinski definition) is 2. The summed E-state index contributed by atoms with van der Waals surface area (Å²) in [4.78, 5) is 26.5. The lowest BCUT2D eigenvalue weighted by atomic mass is 10.1. The summed E-state index contributed by atoms with van der Waals surface area (Å²) >= 11 is 0. The van der Waals surface area contributed by atoms with Gasteiger partial charge in [0.1, 0.15) is 0 Å². The molecule has 2 amide bonds. The van der Waals surface area contributed by atoms with Gasteiger partial charge in [-0.2, -0.15) is 0 Å². The summed E-state index contributed by atoms with van der Waals surface area (Å²) in [6.45, 7) is 11.5. The number of hydrogen-bond acceptors (Lipinski definition) is 4. The standard InChI is InChI=1S/C19H29N3O4S/c1-18(2,3)21-27(25,26)15-9-7-14(8-10-15)20-17(24)13-11-16(23)22(12-13)19(4,5)6/h7-10,13,21H,11-12H2,1-6H3,(H,20,24)/t13-/m0/s1. The van der Waals surface area contributed by atoms with E-state index in [9.17, 15) is 18.0 Å². The smallest absolute Gasteiger partial charge is 0.241 e. The molecule has 2 rings (SSSR count). The average Bonchev–Trinajstić information content (AvgIpc) is 2.87. The van der Waals surface area contributed by atoms with Gasteiger partial charge in [0, 0.05) is 29.7 Å². The molecule has 2 N–H and O–H groups in total. The normalized spacial score (nSPS) is 18.7. The van der Waals surface area contributed by atoms with Crippen LogP contribution in [0.2, 0.25) is 0 Å². The van der Waals surface area contributed by atoms with Crippen LogP contribution in [0.1, 0.15) is 48.0 Å². The van der Waals surface area contributed by atoms with E-state index < -0.39 is 21.5 Å². The van der Waals surface area contributed by atoms with Crippen molar-refractivity contribution in [2.75, 3.05) is 11.9 Å². The Kier molecular flexibility index (Phi) is 5.73. The van der Waals surface area contributed by atoms with Gasteiger partial charge >= 0.3 is 0 Å². The van der Waals surface area contributed by atoms with E-state index in [2.05, 4.69) is 10.0 Å². The molecule has 1 atom stereocenters. The lowest BCUT2D eigenvalue weighted by molar-refractivity contribution is -0.131. The fraction of sp³-hybridized carbons (Fsp3) is 0.579. The molecular formula is C19H29N3O4S. The second-order valence-electron chi connectivity index (χ2n) is 8.95. The van der Waals surface area contributed by atoms with Crippen LogP contribution in [0.3, 0.4) is 0 Å². The largest absolute Gasteiger partial charge is 0.337 e. The zero-order chi connectivity index (χ0) is 20.6. The maximum atomic E-state index is 12.5. The Bertz CT molecular complexity index is 818. The second kappa shape index (κ2) is 7.24. The van der Waals surface area contributed by atoms with Crippen LogP contribution in [0.5, 0.6) is 0 Å². The van der Waals surface area contributed by atoms with Gasteiger partial charge in [0.15, 0.2) is 0 Å². The molecule has 0 radical (unpaired) electrons. The molecule has 0 aliphatic carbocycles. The Balaban J connectivity index is 2.05. The van der Waals surface area contributed by atoms with E-state index in [4.69, 9.17) is 0 Å². The van der Waals surface area contributed by atoms with Gasteiger partial charge in [-0.15, -0.1) is 0 Å². The van der Waals surface area contributed by atoms with Gasteiger partial charge < -0.3 is 10.2 Å². The summed E-state index contributed by atoms with van der Waals surface area (Å²) in [6.07, 6.45) is 0.186. The quantitative estimate of drug-likeness (QED) is 0.818. The predicted molar refractivity (Wildman–Crippen MR) is 105 cm³/mol. The number of anilines is 1. The van der Waals surface area contributed by atoms with Gasteiger partial charge in [-0.3, -0.25) is 9.59 Å². The van der Waals surface area contributed by atoms with Crippen LogP contribution in [0.4, 0.5) is 5.69 Å². The summed E-state index contributed by atoms with van der Waals surface area (Å²) in [5, 5.41) is 2.77. The Hall–Kier alpha value is -1.93. The Labute approximate surface area is 161 Å². The number of carbonyl (C=O) groups is 2. The van der Waals surface area contributed by atoms with Crippen LogP contribution in [-0.4, -0.2) is 42.8 Å². The minimum absolute atomic E-state index is 0.0302. The van der Waals surface area contributed by atoms with Crippen molar-refractivity contribution in [1.29, 1.82) is 0 Å². The zero-order valence-electron chi connectivity index (χ0n) is 16.8. The first-order chi connectivity index (χ1) is 12.2. The second-order valence-corrected chi connectivity index (χ2v) is 10.6. The number of nitrogens with one attached hydrogen (secondary N) is 2. The van der Waals surface area contributed by atoms with Crippen LogP contribution in [0.15, 0.2) is 29.2 Å². The average molecular weight is 396 g/mol. The Morgan fingerprint density at radius 1 is 1.07 bits per heavy atom. The van der Waals surface area contributed by atoms with E-state index in [1.54, 1.807) is 37.8 Å². The van der Waals surface area contributed by atoms with E-state index in [-0.39, 0.29) is 28.7 Å². The molecule has 1 aliphatic heterocycles.